The van der Waals surface area contributed by atoms with Crippen LogP contribution in [0, 0.1) is 17.5 Å². The molecule has 0 spiro atoms. The van der Waals surface area contributed by atoms with E-state index in [1.54, 1.807) is 30.3 Å². The highest BCUT2D eigenvalue weighted by molar-refractivity contribution is 5.94. The van der Waals surface area contributed by atoms with Gasteiger partial charge in [-0.05, 0) is 85.7 Å². The lowest BCUT2D eigenvalue weighted by Crippen LogP contribution is -2.34. The van der Waals surface area contributed by atoms with Crippen LogP contribution in [-0.4, -0.2) is 26.6 Å². The average Bonchev–Trinajstić information content (AvgIpc) is 3.43. The van der Waals surface area contributed by atoms with Gasteiger partial charge < -0.3 is 15.8 Å². The van der Waals surface area contributed by atoms with Gasteiger partial charge in [0, 0.05) is 29.1 Å². The number of alkyl halides is 2. The second-order valence-corrected chi connectivity index (χ2v) is 11.7. The van der Waals surface area contributed by atoms with Gasteiger partial charge in [0.15, 0.2) is 5.69 Å². The number of nitrogens with two attached hydrogens (primary N) is 1. The van der Waals surface area contributed by atoms with E-state index < -0.39 is 53.7 Å². The van der Waals surface area contributed by atoms with Gasteiger partial charge in [-0.15, -0.1) is 0 Å². The maximum Gasteiger partial charge on any atom is 0.446 e. The van der Waals surface area contributed by atoms with Crippen LogP contribution in [0.15, 0.2) is 85.1 Å². The van der Waals surface area contributed by atoms with Crippen molar-refractivity contribution in [3.05, 3.63) is 136 Å². The third kappa shape index (κ3) is 7.45. The van der Waals surface area contributed by atoms with Crippen molar-refractivity contribution < 1.29 is 36.3 Å². The van der Waals surface area contributed by atoms with Crippen LogP contribution in [0.3, 0.4) is 0 Å². The highest BCUT2D eigenvalue weighted by Gasteiger charge is 2.42. The third-order valence-corrected chi connectivity index (χ3v) is 8.22. The molecule has 13 heteroatoms. The van der Waals surface area contributed by atoms with Crippen molar-refractivity contribution in [2.45, 2.75) is 50.8 Å². The van der Waals surface area contributed by atoms with Crippen molar-refractivity contribution in [1.29, 1.82) is 0 Å². The number of primary amides is 1. The fourth-order valence-electron chi connectivity index (χ4n) is 6.10. The van der Waals surface area contributed by atoms with Gasteiger partial charge in [-0.3, -0.25) is 19.3 Å². The highest BCUT2D eigenvalue weighted by Crippen LogP contribution is 2.37. The van der Waals surface area contributed by atoms with Crippen LogP contribution in [0.1, 0.15) is 57.5 Å². The molecule has 2 heterocycles. The maximum atomic E-state index is 15.5. The van der Waals surface area contributed by atoms with Crippen molar-refractivity contribution in [3.63, 3.8) is 0 Å². The number of amides is 2. The van der Waals surface area contributed by atoms with Gasteiger partial charge in [-0.1, -0.05) is 30.3 Å². The van der Waals surface area contributed by atoms with E-state index in [-0.39, 0.29) is 29.0 Å². The molecule has 3 N–H and O–H groups in total. The van der Waals surface area contributed by atoms with E-state index in [4.69, 9.17) is 10.5 Å². The summed E-state index contributed by atoms with van der Waals surface area (Å²) in [5, 5.41) is 7.00. The molecule has 1 aliphatic carbocycles. The zero-order valence-corrected chi connectivity index (χ0v) is 25.9. The van der Waals surface area contributed by atoms with E-state index in [0.717, 1.165) is 18.2 Å². The largest absolute Gasteiger partial charge is 0.446 e. The summed E-state index contributed by atoms with van der Waals surface area (Å²) in [6.45, 7) is -0.456. The Labute approximate surface area is 277 Å². The number of hydrogen-bond donors (Lipinski definition) is 2. The van der Waals surface area contributed by atoms with E-state index >= 15 is 8.78 Å². The number of halogens is 5. The average molecular weight is 676 g/mol. The first kappa shape index (κ1) is 33.3. The van der Waals surface area contributed by atoms with Crippen LogP contribution in [-0.2, 0) is 36.7 Å². The number of carbonyl (C=O) groups excluding carboxylic acids is 2. The molecule has 5 aromatic rings. The Balaban J connectivity index is 1.34. The topological polar surface area (TPSA) is 112 Å². The Hall–Kier alpha value is -5.59. The number of fused-ring (bicyclic) bond motifs is 1. The van der Waals surface area contributed by atoms with Crippen LogP contribution in [0.5, 0.6) is 5.75 Å². The second kappa shape index (κ2) is 13.9. The Kier molecular flexibility index (Phi) is 9.43. The van der Waals surface area contributed by atoms with E-state index in [2.05, 4.69) is 15.4 Å². The minimum atomic E-state index is -3.78. The van der Waals surface area contributed by atoms with Gasteiger partial charge in [0.05, 0.1) is 17.3 Å². The van der Waals surface area contributed by atoms with Crippen LogP contribution in [0.2, 0.25) is 0 Å². The number of rotatable bonds is 11. The molecule has 0 radical (unpaired) electrons. The Morgan fingerprint density at radius 1 is 0.939 bits per heavy atom. The first-order valence-corrected chi connectivity index (χ1v) is 15.5. The molecule has 1 aliphatic rings. The standard InChI is InChI=1S/C36H30F5N5O3/c37-23-15-21(16-24(38)19-23)17-30(33-26(10-6-14-43-33)22-12-13-29(39)28(18-22)35(42)48)44-32(47)20-46-31-11-5-4-9-27(31)34(45-46)36(40,41)49-25-7-2-1-3-8-25/h1-3,6-8,10,12-16,18-19,30H,4-5,9,11,17,20H2,(H2,42,48)(H,44,47). The fourth-order valence-corrected chi connectivity index (χ4v) is 6.10. The van der Waals surface area contributed by atoms with Crippen LogP contribution in [0.25, 0.3) is 11.1 Å². The lowest BCUT2D eigenvalue weighted by atomic mass is 9.94. The number of aromatic nitrogens is 3. The maximum absolute atomic E-state index is 15.5. The minimum absolute atomic E-state index is 0.0451. The molecule has 3 aromatic carbocycles. The summed E-state index contributed by atoms with van der Waals surface area (Å²) in [7, 11) is 0. The molecule has 2 amide bonds. The van der Waals surface area contributed by atoms with Gasteiger partial charge >= 0.3 is 6.11 Å². The van der Waals surface area contributed by atoms with Crippen LogP contribution < -0.4 is 15.8 Å². The van der Waals surface area contributed by atoms with Crippen LogP contribution in [0.4, 0.5) is 22.0 Å². The zero-order valence-electron chi connectivity index (χ0n) is 25.9. The smallest absolute Gasteiger partial charge is 0.428 e. The van der Waals surface area contributed by atoms with Crippen molar-refractivity contribution in [1.82, 2.24) is 20.1 Å². The van der Waals surface area contributed by atoms with Gasteiger partial charge in [-0.2, -0.15) is 13.9 Å². The summed E-state index contributed by atoms with van der Waals surface area (Å²) < 4.78 is 80.1. The Bertz CT molecular complexity index is 2000. The Morgan fingerprint density at radius 3 is 2.41 bits per heavy atom. The van der Waals surface area contributed by atoms with Crippen molar-refractivity contribution in [2.75, 3.05) is 0 Å². The number of ether oxygens (including phenoxy) is 1. The molecule has 0 bridgehead atoms. The third-order valence-electron chi connectivity index (χ3n) is 8.22. The van der Waals surface area contributed by atoms with Gasteiger partial charge in [0.1, 0.15) is 29.7 Å². The SMILES string of the molecule is NC(=O)c1cc(-c2cccnc2C(Cc2cc(F)cc(F)c2)NC(=O)Cn2nc(C(F)(F)Oc3ccccc3)c3c2CCCC3)ccc1F. The molecule has 1 unspecified atom stereocenters. The quantitative estimate of drug-likeness (QED) is 0.154. The summed E-state index contributed by atoms with van der Waals surface area (Å²) >= 11 is 0. The molecule has 8 nitrogen and oxygen atoms in total. The Morgan fingerprint density at radius 2 is 1.67 bits per heavy atom. The van der Waals surface area contributed by atoms with Crippen molar-refractivity contribution in [3.8, 4) is 16.9 Å². The van der Waals surface area contributed by atoms with Crippen LogP contribution >= 0.6 is 0 Å². The van der Waals surface area contributed by atoms with Gasteiger partial charge in [0.2, 0.25) is 5.91 Å². The molecule has 2 aromatic heterocycles. The van der Waals surface area contributed by atoms with E-state index in [0.29, 0.717) is 54.1 Å². The molecule has 1 atom stereocenters. The highest BCUT2D eigenvalue weighted by atomic mass is 19.3. The van der Waals surface area contributed by atoms with Crippen molar-refractivity contribution in [2.24, 2.45) is 5.73 Å². The summed E-state index contributed by atoms with van der Waals surface area (Å²) in [6, 6.07) is 16.4. The molecule has 0 saturated heterocycles. The zero-order chi connectivity index (χ0) is 34.7. The molecular weight excluding hydrogens is 645 g/mol. The summed E-state index contributed by atoms with van der Waals surface area (Å²) in [6.07, 6.45) is -0.365. The predicted molar refractivity (Wildman–Crippen MR) is 169 cm³/mol. The second-order valence-electron chi connectivity index (χ2n) is 11.7. The molecule has 0 aliphatic heterocycles. The fraction of sp³-hybridized carbons (Fsp3) is 0.222. The van der Waals surface area contributed by atoms with E-state index in [9.17, 15) is 22.8 Å². The van der Waals surface area contributed by atoms with Gasteiger partial charge in [-0.25, -0.2) is 13.2 Å². The summed E-state index contributed by atoms with van der Waals surface area (Å²) in [5.41, 5.74) is 6.37. The lowest BCUT2D eigenvalue weighted by molar-refractivity contribution is -0.189. The first-order valence-electron chi connectivity index (χ1n) is 15.5. The summed E-state index contributed by atoms with van der Waals surface area (Å²) in [5.74, 6) is -4.18. The molecule has 0 saturated carbocycles. The van der Waals surface area contributed by atoms with E-state index in [1.807, 2.05) is 0 Å². The number of nitrogens with zero attached hydrogens (tertiary/aromatic N) is 3. The van der Waals surface area contributed by atoms with Crippen molar-refractivity contribution >= 4 is 11.8 Å². The molecular formula is C36H30F5N5O3. The molecule has 49 heavy (non-hydrogen) atoms. The molecule has 252 valence electrons. The predicted octanol–water partition coefficient (Wildman–Crippen LogP) is 6.57. The number of pyridine rings is 1. The summed E-state index contributed by atoms with van der Waals surface area (Å²) in [4.78, 5) is 30.0. The molecule has 6 rings (SSSR count). The number of nitrogens with one attached hydrogen (secondary N) is 1. The number of carbonyl (C=O) groups is 2. The number of benzene rings is 3. The number of para-hydroxylation sites is 1. The number of hydrogen-bond acceptors (Lipinski definition) is 5. The minimum Gasteiger partial charge on any atom is -0.428 e. The molecule has 0 fully saturated rings. The normalized spacial score (nSPS) is 13.4. The first-order chi connectivity index (χ1) is 23.5. The lowest BCUT2D eigenvalue weighted by Gasteiger charge is -2.22. The van der Waals surface area contributed by atoms with E-state index in [1.165, 1.54) is 35.1 Å². The monoisotopic (exact) mass is 675 g/mol. The van der Waals surface area contributed by atoms with Gasteiger partial charge in [0.25, 0.3) is 5.91 Å².